The summed E-state index contributed by atoms with van der Waals surface area (Å²) in [4.78, 5) is 76.9. The van der Waals surface area contributed by atoms with Crippen LogP contribution in [0.25, 0.3) is 0 Å². The van der Waals surface area contributed by atoms with Crippen molar-refractivity contribution in [1.82, 2.24) is 4.90 Å². The summed E-state index contributed by atoms with van der Waals surface area (Å²) >= 11 is 0. The minimum Gasteiger partial charge on any atom is -0.469 e. The Morgan fingerprint density at radius 2 is 0.772 bits per heavy atom. The molecule has 0 bridgehead atoms. The lowest BCUT2D eigenvalue weighted by atomic mass is 9.91. The molecule has 0 aromatic rings. The monoisotopic (exact) mass is 814 g/mol. The second-order valence-corrected chi connectivity index (χ2v) is 15.8. The molecule has 0 spiro atoms. The first-order chi connectivity index (χ1) is 27.4. The molecule has 0 saturated heterocycles. The van der Waals surface area contributed by atoms with Crippen molar-refractivity contribution in [3.05, 3.63) is 0 Å². The number of carbonyl (C=O) groups excluding carboxylic acids is 6. The molecule has 0 fully saturated rings. The van der Waals surface area contributed by atoms with Crippen LogP contribution < -0.4 is 0 Å². The molecule has 57 heavy (non-hydrogen) atoms. The van der Waals surface area contributed by atoms with Gasteiger partial charge in [-0.15, -0.1) is 0 Å². The number of unbranched alkanes of at least 4 members (excludes halogenated alkanes) is 12. The molecule has 0 N–H and O–H groups in total. The van der Waals surface area contributed by atoms with Crippen LogP contribution in [0, 0.1) is 11.3 Å². The van der Waals surface area contributed by atoms with Gasteiger partial charge in [-0.25, -0.2) is 0 Å². The van der Waals surface area contributed by atoms with E-state index in [4.69, 9.17) is 18.9 Å². The second kappa shape index (κ2) is 35.9. The van der Waals surface area contributed by atoms with Crippen LogP contribution in [0.1, 0.15) is 174 Å². The Bertz CT molecular complexity index is 1040. The van der Waals surface area contributed by atoms with E-state index in [0.29, 0.717) is 38.6 Å². The van der Waals surface area contributed by atoms with Gasteiger partial charge in [-0.2, -0.15) is 0 Å². The summed E-state index contributed by atoms with van der Waals surface area (Å²) in [6.45, 7) is 3.94. The molecule has 0 atom stereocenters. The van der Waals surface area contributed by atoms with Gasteiger partial charge in [0, 0.05) is 38.5 Å². The second-order valence-electron chi connectivity index (χ2n) is 15.8. The molecule has 0 aliphatic heterocycles. The van der Waals surface area contributed by atoms with Crippen molar-refractivity contribution in [2.24, 2.45) is 11.3 Å². The molecule has 0 amide bonds. The Hall–Kier alpha value is -3.22. The minimum atomic E-state index is -1.31. The standard InChI is InChI=1S/C44H79NO12/c1-7-9-17-24-37(25-18-10-8-2)32-43(51)57-36-44(35-56-42(50)30-23-31-45(3)4,33-54-40(48)28-21-15-11-13-19-26-38(46)52-5)34-55-41(49)29-22-16-12-14-20-27-39(47)53-6/h37H,7-36H2,1-6H3. The zero-order chi connectivity index (χ0) is 42.6. The Morgan fingerprint density at radius 3 is 1.12 bits per heavy atom. The van der Waals surface area contributed by atoms with E-state index in [-0.39, 0.29) is 75.9 Å². The zero-order valence-corrected chi connectivity index (χ0v) is 36.6. The molecule has 332 valence electrons. The first-order valence-electron chi connectivity index (χ1n) is 21.8. The van der Waals surface area contributed by atoms with Gasteiger partial charge < -0.3 is 33.3 Å². The third-order valence-electron chi connectivity index (χ3n) is 10.0. The maximum Gasteiger partial charge on any atom is 0.306 e. The van der Waals surface area contributed by atoms with Crippen LogP contribution in [0.3, 0.4) is 0 Å². The highest BCUT2D eigenvalue weighted by Gasteiger charge is 2.38. The minimum absolute atomic E-state index is 0.161. The fourth-order valence-electron chi connectivity index (χ4n) is 6.29. The number of hydrogen-bond donors (Lipinski definition) is 0. The van der Waals surface area contributed by atoms with E-state index in [9.17, 15) is 28.8 Å². The highest BCUT2D eigenvalue weighted by molar-refractivity contribution is 5.71. The molecule has 0 saturated carbocycles. The number of hydrogen-bond acceptors (Lipinski definition) is 13. The first kappa shape index (κ1) is 53.8. The average Bonchev–Trinajstić information content (AvgIpc) is 3.19. The average molecular weight is 814 g/mol. The maximum atomic E-state index is 13.4. The molecule has 0 aliphatic rings. The number of carbonyl (C=O) groups is 6. The van der Waals surface area contributed by atoms with Gasteiger partial charge in [0.15, 0.2) is 0 Å². The smallest absolute Gasteiger partial charge is 0.306 e. The third kappa shape index (κ3) is 32.4. The predicted molar refractivity (Wildman–Crippen MR) is 219 cm³/mol. The number of rotatable bonds is 38. The van der Waals surface area contributed by atoms with Crippen LogP contribution in [0.5, 0.6) is 0 Å². The van der Waals surface area contributed by atoms with E-state index < -0.39 is 23.3 Å². The maximum absolute atomic E-state index is 13.4. The summed E-state index contributed by atoms with van der Waals surface area (Å²) < 4.78 is 32.5. The quantitative estimate of drug-likeness (QED) is 0.0332. The molecule has 0 radical (unpaired) electrons. The van der Waals surface area contributed by atoms with Crippen molar-refractivity contribution < 1.29 is 57.2 Å². The first-order valence-corrected chi connectivity index (χ1v) is 21.8. The Balaban J connectivity index is 5.79. The van der Waals surface area contributed by atoms with Crippen LogP contribution in [0.15, 0.2) is 0 Å². The molecule has 0 aromatic heterocycles. The summed E-state index contributed by atoms with van der Waals surface area (Å²) in [5.41, 5.74) is -1.31. The highest BCUT2D eigenvalue weighted by atomic mass is 16.6. The summed E-state index contributed by atoms with van der Waals surface area (Å²) in [6, 6.07) is 0. The van der Waals surface area contributed by atoms with Crippen LogP contribution in [-0.2, 0) is 57.2 Å². The van der Waals surface area contributed by atoms with Crippen molar-refractivity contribution in [2.45, 2.75) is 174 Å². The molecule has 0 unspecified atom stereocenters. The largest absolute Gasteiger partial charge is 0.469 e. The van der Waals surface area contributed by atoms with Gasteiger partial charge >= 0.3 is 35.8 Å². The zero-order valence-electron chi connectivity index (χ0n) is 36.6. The Morgan fingerprint density at radius 1 is 0.439 bits per heavy atom. The van der Waals surface area contributed by atoms with Gasteiger partial charge in [0.25, 0.3) is 0 Å². The lowest BCUT2D eigenvalue weighted by Gasteiger charge is -2.32. The van der Waals surface area contributed by atoms with Crippen molar-refractivity contribution >= 4 is 35.8 Å². The lowest BCUT2D eigenvalue weighted by Crippen LogP contribution is -2.44. The van der Waals surface area contributed by atoms with Crippen LogP contribution in [0.2, 0.25) is 0 Å². The van der Waals surface area contributed by atoms with Gasteiger partial charge in [0.1, 0.15) is 31.8 Å². The molecule has 0 heterocycles. The summed E-state index contributed by atoms with van der Waals surface area (Å²) in [6.07, 6.45) is 18.0. The van der Waals surface area contributed by atoms with Crippen molar-refractivity contribution in [2.75, 3.05) is 61.3 Å². The molecular weight excluding hydrogens is 734 g/mol. The van der Waals surface area contributed by atoms with Gasteiger partial charge in [0.05, 0.1) is 14.2 Å². The fraction of sp³-hybridized carbons (Fsp3) is 0.864. The van der Waals surface area contributed by atoms with Crippen LogP contribution >= 0.6 is 0 Å². The third-order valence-corrected chi connectivity index (χ3v) is 10.0. The van der Waals surface area contributed by atoms with E-state index >= 15 is 0 Å². The molecule has 0 aliphatic carbocycles. The van der Waals surface area contributed by atoms with Gasteiger partial charge in [0.2, 0.25) is 0 Å². The summed E-state index contributed by atoms with van der Waals surface area (Å²) in [7, 11) is 6.58. The number of nitrogens with zero attached hydrogens (tertiary/aromatic N) is 1. The van der Waals surface area contributed by atoms with Gasteiger partial charge in [-0.05, 0) is 71.5 Å². The number of methoxy groups -OCH3 is 2. The summed E-state index contributed by atoms with van der Waals surface area (Å²) in [5, 5.41) is 0. The SMILES string of the molecule is CCCCCC(CCCCC)CC(=O)OCC(COC(=O)CCCCCCCC(=O)OC)(COC(=O)CCCCCCCC(=O)OC)COC(=O)CCCN(C)C. The van der Waals surface area contributed by atoms with Crippen LogP contribution in [-0.4, -0.2) is 102 Å². The van der Waals surface area contributed by atoms with Crippen molar-refractivity contribution in [1.29, 1.82) is 0 Å². The highest BCUT2D eigenvalue weighted by Crippen LogP contribution is 2.26. The molecule has 13 nitrogen and oxygen atoms in total. The van der Waals surface area contributed by atoms with Crippen molar-refractivity contribution in [3.8, 4) is 0 Å². The normalized spacial score (nSPS) is 11.4. The van der Waals surface area contributed by atoms with E-state index in [2.05, 4.69) is 23.3 Å². The topological polar surface area (TPSA) is 161 Å². The lowest BCUT2D eigenvalue weighted by molar-refractivity contribution is -0.171. The van der Waals surface area contributed by atoms with Gasteiger partial charge in [-0.3, -0.25) is 28.8 Å². The summed E-state index contributed by atoms with van der Waals surface area (Å²) in [5.74, 6) is -2.02. The number of esters is 6. The van der Waals surface area contributed by atoms with Crippen molar-refractivity contribution in [3.63, 3.8) is 0 Å². The van der Waals surface area contributed by atoms with E-state index in [0.717, 1.165) is 103 Å². The van der Waals surface area contributed by atoms with E-state index in [1.807, 2.05) is 19.0 Å². The Kier molecular flexibility index (Phi) is 33.9. The molecule has 0 aromatic carbocycles. The molecular formula is C44H79NO12. The van der Waals surface area contributed by atoms with E-state index in [1.165, 1.54) is 14.2 Å². The van der Waals surface area contributed by atoms with Gasteiger partial charge in [-0.1, -0.05) is 90.9 Å². The number of ether oxygens (including phenoxy) is 6. The molecule has 13 heteroatoms. The molecule has 0 rings (SSSR count). The fourth-order valence-corrected chi connectivity index (χ4v) is 6.29. The predicted octanol–water partition coefficient (Wildman–Crippen LogP) is 8.46. The van der Waals surface area contributed by atoms with Crippen LogP contribution in [0.4, 0.5) is 0 Å². The Labute approximate surface area is 344 Å². The van der Waals surface area contributed by atoms with E-state index in [1.54, 1.807) is 0 Å².